The van der Waals surface area contributed by atoms with E-state index < -0.39 is 0 Å². The molecule has 1 aliphatic heterocycles. The fraction of sp³-hybridized carbons (Fsp3) is 0.400. The number of likely N-dealkylation sites (tertiary alicyclic amines) is 1. The number of nitrogens with zero attached hydrogens (tertiary/aromatic N) is 6. The highest BCUT2D eigenvalue weighted by atomic mass is 16.5. The summed E-state index contributed by atoms with van der Waals surface area (Å²) in [6.45, 7) is 5.18. The Morgan fingerprint density at radius 3 is 2.75 bits per heavy atom. The number of pyridine rings is 1. The van der Waals surface area contributed by atoms with Gasteiger partial charge < -0.3 is 9.42 Å². The molecule has 0 radical (unpaired) electrons. The molecular weight excluding hydrogens is 356 g/mol. The van der Waals surface area contributed by atoms with E-state index in [1.165, 1.54) is 6.33 Å². The number of hydrogen-bond donors (Lipinski definition) is 0. The van der Waals surface area contributed by atoms with Crippen molar-refractivity contribution in [2.24, 2.45) is 0 Å². The summed E-state index contributed by atoms with van der Waals surface area (Å²) in [6, 6.07) is 4.12. The van der Waals surface area contributed by atoms with E-state index in [-0.39, 0.29) is 11.8 Å². The van der Waals surface area contributed by atoms with Crippen molar-refractivity contribution in [3.05, 3.63) is 54.0 Å². The minimum atomic E-state index is 0.114. The first-order valence-electron chi connectivity index (χ1n) is 9.39. The Labute approximate surface area is 163 Å². The van der Waals surface area contributed by atoms with Gasteiger partial charge in [-0.05, 0) is 38.0 Å². The van der Waals surface area contributed by atoms with Gasteiger partial charge in [0.1, 0.15) is 6.33 Å². The Morgan fingerprint density at radius 1 is 1.18 bits per heavy atom. The van der Waals surface area contributed by atoms with E-state index in [1.807, 2.05) is 17.9 Å². The van der Waals surface area contributed by atoms with Gasteiger partial charge in [0.15, 0.2) is 5.82 Å². The fourth-order valence-corrected chi connectivity index (χ4v) is 3.56. The molecule has 144 valence electrons. The van der Waals surface area contributed by atoms with Crippen molar-refractivity contribution < 1.29 is 9.32 Å². The maximum atomic E-state index is 12.6. The third kappa shape index (κ3) is 4.05. The van der Waals surface area contributed by atoms with Gasteiger partial charge in [-0.1, -0.05) is 5.16 Å². The third-order valence-corrected chi connectivity index (χ3v) is 4.95. The molecule has 3 aromatic heterocycles. The van der Waals surface area contributed by atoms with Crippen molar-refractivity contribution in [1.82, 2.24) is 30.0 Å². The van der Waals surface area contributed by atoms with Crippen molar-refractivity contribution in [3.8, 4) is 11.1 Å². The summed E-state index contributed by atoms with van der Waals surface area (Å²) in [5.74, 6) is 1.45. The molecule has 4 heterocycles. The first-order chi connectivity index (χ1) is 13.6. The van der Waals surface area contributed by atoms with E-state index in [0.29, 0.717) is 31.1 Å². The number of carbonyl (C=O) groups is 1. The molecular formula is C20H22N6O2. The van der Waals surface area contributed by atoms with Gasteiger partial charge in [0.05, 0.1) is 0 Å². The average molecular weight is 378 g/mol. The van der Waals surface area contributed by atoms with Crippen LogP contribution in [-0.4, -0.2) is 49.0 Å². The maximum Gasteiger partial charge on any atom is 0.227 e. The Kier molecular flexibility index (Phi) is 5.10. The SMILES string of the molecule is Cc1cc(-c2cncnc2)cc([C@H]2CCN(C(=O)CCc3nc(C)no3)C2)n1. The summed E-state index contributed by atoms with van der Waals surface area (Å²) < 4.78 is 5.08. The highest BCUT2D eigenvalue weighted by Gasteiger charge is 2.28. The zero-order chi connectivity index (χ0) is 19.5. The quantitative estimate of drug-likeness (QED) is 0.672. The highest BCUT2D eigenvalue weighted by Crippen LogP contribution is 2.29. The molecule has 1 fully saturated rings. The van der Waals surface area contributed by atoms with Crippen molar-refractivity contribution in [3.63, 3.8) is 0 Å². The third-order valence-electron chi connectivity index (χ3n) is 4.95. The fourth-order valence-electron chi connectivity index (χ4n) is 3.56. The van der Waals surface area contributed by atoms with Crippen molar-refractivity contribution in [2.45, 2.75) is 39.0 Å². The molecule has 28 heavy (non-hydrogen) atoms. The lowest BCUT2D eigenvalue weighted by Crippen LogP contribution is -2.28. The van der Waals surface area contributed by atoms with Gasteiger partial charge in [0.25, 0.3) is 0 Å². The Hall–Kier alpha value is -3.16. The molecule has 0 bridgehead atoms. The van der Waals surface area contributed by atoms with Gasteiger partial charge in [-0.2, -0.15) is 4.98 Å². The van der Waals surface area contributed by atoms with Crippen LogP contribution in [0.3, 0.4) is 0 Å². The number of aryl methyl sites for hydroxylation is 3. The number of hydrogen-bond acceptors (Lipinski definition) is 7. The van der Waals surface area contributed by atoms with Crippen LogP contribution in [-0.2, 0) is 11.2 Å². The molecule has 4 rings (SSSR count). The molecule has 1 atom stereocenters. The van der Waals surface area contributed by atoms with Gasteiger partial charge in [-0.15, -0.1) is 0 Å². The second kappa shape index (κ2) is 7.84. The second-order valence-electron chi connectivity index (χ2n) is 7.11. The summed E-state index contributed by atoms with van der Waals surface area (Å²) >= 11 is 0. The van der Waals surface area contributed by atoms with Crippen LogP contribution in [0.1, 0.15) is 41.9 Å². The maximum absolute atomic E-state index is 12.6. The molecule has 8 heteroatoms. The first-order valence-corrected chi connectivity index (χ1v) is 9.39. The van der Waals surface area contributed by atoms with Crippen LogP contribution in [0, 0.1) is 13.8 Å². The highest BCUT2D eigenvalue weighted by molar-refractivity contribution is 5.76. The summed E-state index contributed by atoms with van der Waals surface area (Å²) in [4.78, 5) is 31.5. The van der Waals surface area contributed by atoms with Gasteiger partial charge in [0, 0.05) is 61.2 Å². The first kappa shape index (κ1) is 18.2. The molecule has 0 unspecified atom stereocenters. The standard InChI is InChI=1S/C20H22N6O2/c1-13-7-16(17-9-21-12-22-10-17)8-18(23-13)15-5-6-26(11-15)20(27)4-3-19-24-14(2)25-28-19/h7-10,12,15H,3-6,11H2,1-2H3/t15-/m0/s1. The summed E-state index contributed by atoms with van der Waals surface area (Å²) in [7, 11) is 0. The minimum absolute atomic E-state index is 0.114. The molecule has 0 spiro atoms. The molecule has 8 nitrogen and oxygen atoms in total. The number of amides is 1. The normalized spacial score (nSPS) is 16.5. The Balaban J connectivity index is 1.42. The monoisotopic (exact) mass is 378 g/mol. The molecule has 1 saturated heterocycles. The van der Waals surface area contributed by atoms with Gasteiger partial charge >= 0.3 is 0 Å². The topological polar surface area (TPSA) is 97.9 Å². The zero-order valence-electron chi connectivity index (χ0n) is 16.0. The molecule has 3 aromatic rings. The number of aromatic nitrogens is 5. The van der Waals surface area contributed by atoms with Crippen LogP contribution in [0.2, 0.25) is 0 Å². The predicted octanol–water partition coefficient (Wildman–Crippen LogP) is 2.49. The van der Waals surface area contributed by atoms with Crippen molar-refractivity contribution in [1.29, 1.82) is 0 Å². The van der Waals surface area contributed by atoms with Crippen LogP contribution in [0.15, 0.2) is 35.4 Å². The Bertz CT molecular complexity index is 972. The molecule has 0 N–H and O–H groups in total. The van der Waals surface area contributed by atoms with Crippen LogP contribution in [0.25, 0.3) is 11.1 Å². The summed E-state index contributed by atoms with van der Waals surface area (Å²) in [6.07, 6.45) is 6.88. The van der Waals surface area contributed by atoms with E-state index in [2.05, 4.69) is 26.2 Å². The molecule has 0 saturated carbocycles. The predicted molar refractivity (Wildman–Crippen MR) is 101 cm³/mol. The van der Waals surface area contributed by atoms with E-state index >= 15 is 0 Å². The number of rotatable bonds is 5. The molecule has 0 aliphatic carbocycles. The lowest BCUT2D eigenvalue weighted by Gasteiger charge is -2.16. The smallest absolute Gasteiger partial charge is 0.227 e. The van der Waals surface area contributed by atoms with Crippen LogP contribution < -0.4 is 0 Å². The lowest BCUT2D eigenvalue weighted by atomic mass is 10.00. The summed E-state index contributed by atoms with van der Waals surface area (Å²) in [5.41, 5.74) is 3.99. The van der Waals surface area contributed by atoms with Crippen LogP contribution >= 0.6 is 0 Å². The van der Waals surface area contributed by atoms with Gasteiger partial charge in [0.2, 0.25) is 11.8 Å². The Morgan fingerprint density at radius 2 is 2.00 bits per heavy atom. The van der Waals surface area contributed by atoms with Crippen LogP contribution in [0.5, 0.6) is 0 Å². The second-order valence-corrected chi connectivity index (χ2v) is 7.11. The van der Waals surface area contributed by atoms with E-state index in [1.54, 1.807) is 19.3 Å². The lowest BCUT2D eigenvalue weighted by molar-refractivity contribution is -0.130. The molecule has 1 aliphatic rings. The van der Waals surface area contributed by atoms with E-state index in [9.17, 15) is 4.79 Å². The van der Waals surface area contributed by atoms with Crippen LogP contribution in [0.4, 0.5) is 0 Å². The number of carbonyl (C=O) groups excluding carboxylic acids is 1. The molecule has 0 aromatic carbocycles. The zero-order valence-corrected chi connectivity index (χ0v) is 16.0. The average Bonchev–Trinajstić information content (AvgIpc) is 3.36. The van der Waals surface area contributed by atoms with Gasteiger partial charge in [-0.25, -0.2) is 9.97 Å². The largest absolute Gasteiger partial charge is 0.342 e. The summed E-state index contributed by atoms with van der Waals surface area (Å²) in [5, 5.41) is 3.76. The molecule has 1 amide bonds. The van der Waals surface area contributed by atoms with Crippen molar-refractivity contribution >= 4 is 5.91 Å². The van der Waals surface area contributed by atoms with E-state index in [0.717, 1.165) is 35.5 Å². The van der Waals surface area contributed by atoms with E-state index in [4.69, 9.17) is 9.51 Å². The minimum Gasteiger partial charge on any atom is -0.342 e. The van der Waals surface area contributed by atoms with Crippen molar-refractivity contribution in [2.75, 3.05) is 13.1 Å². The van der Waals surface area contributed by atoms with Gasteiger partial charge in [-0.3, -0.25) is 9.78 Å².